The summed E-state index contributed by atoms with van der Waals surface area (Å²) >= 11 is 0. The second-order valence-corrected chi connectivity index (χ2v) is 8.48. The van der Waals surface area contributed by atoms with Crippen molar-refractivity contribution in [3.63, 3.8) is 0 Å². The first-order chi connectivity index (χ1) is 14.4. The molecule has 0 rings (SSSR count). The number of aliphatic hydroxyl groups excluding tert-OH is 1. The summed E-state index contributed by atoms with van der Waals surface area (Å²) in [6, 6.07) is 0. The van der Waals surface area contributed by atoms with Crippen LogP contribution in [0.3, 0.4) is 0 Å². The van der Waals surface area contributed by atoms with E-state index in [-0.39, 0.29) is 12.0 Å². The molecule has 0 aliphatic carbocycles. The van der Waals surface area contributed by atoms with E-state index in [1.807, 2.05) is 0 Å². The van der Waals surface area contributed by atoms with Crippen molar-refractivity contribution in [1.29, 1.82) is 0 Å². The highest BCUT2D eigenvalue weighted by Crippen LogP contribution is 2.14. The lowest BCUT2D eigenvalue weighted by Crippen LogP contribution is -2.34. The van der Waals surface area contributed by atoms with E-state index in [0.717, 1.165) is 19.3 Å². The third-order valence-electron chi connectivity index (χ3n) is 5.20. The highest BCUT2D eigenvalue weighted by molar-refractivity contribution is 5.87. The second kappa shape index (κ2) is 19.6. The van der Waals surface area contributed by atoms with Crippen LogP contribution >= 0.6 is 0 Å². The molecule has 2 unspecified atom stereocenters. The van der Waals surface area contributed by atoms with Crippen LogP contribution in [0.4, 0.5) is 0 Å². The minimum Gasteiger partial charge on any atom is -0.422 e. The van der Waals surface area contributed by atoms with E-state index in [0.29, 0.717) is 0 Å². The second-order valence-electron chi connectivity index (χ2n) is 8.48. The third-order valence-corrected chi connectivity index (χ3v) is 5.20. The van der Waals surface area contributed by atoms with Gasteiger partial charge < -0.3 is 14.6 Å². The average Bonchev–Trinajstić information content (AvgIpc) is 2.70. The Morgan fingerprint density at radius 1 is 0.767 bits per heavy atom. The minimum absolute atomic E-state index is 0.194. The molecular weight excluding hydrogens is 380 g/mol. The summed E-state index contributed by atoms with van der Waals surface area (Å²) in [6.45, 7) is 8.64. The lowest BCUT2D eigenvalue weighted by molar-refractivity contribution is -0.202. The predicted octanol–water partition coefficient (Wildman–Crippen LogP) is 6.62. The van der Waals surface area contributed by atoms with Crippen molar-refractivity contribution in [2.45, 2.75) is 136 Å². The molecule has 0 amide bonds. The van der Waals surface area contributed by atoms with E-state index in [4.69, 9.17) is 9.47 Å². The number of esters is 2. The van der Waals surface area contributed by atoms with Crippen LogP contribution in [0.1, 0.15) is 124 Å². The molecule has 0 radical (unpaired) electrons. The fourth-order valence-electron chi connectivity index (χ4n) is 3.26. The Morgan fingerprint density at radius 2 is 1.17 bits per heavy atom. The van der Waals surface area contributed by atoms with Gasteiger partial charge in [-0.3, -0.25) is 4.79 Å². The number of aliphatic hydroxyl groups is 1. The first-order valence-corrected chi connectivity index (χ1v) is 12.1. The molecule has 0 spiro atoms. The molecule has 0 aliphatic heterocycles. The molecule has 0 saturated heterocycles. The van der Waals surface area contributed by atoms with E-state index in [1.54, 1.807) is 0 Å². The molecule has 0 aliphatic rings. The zero-order valence-corrected chi connectivity index (χ0v) is 19.8. The standard InChI is InChI=1S/C25H46O5/c1-5-6-7-8-9-10-11-12-13-14-15-16-17-18-19-20-23(27)29-25(22(4)26)30-24(28)21(2)3/h22,25-26H,2,5-20H2,1,3-4H3. The third kappa shape index (κ3) is 17.5. The summed E-state index contributed by atoms with van der Waals surface area (Å²) in [7, 11) is 0. The molecule has 0 heterocycles. The number of hydrogen-bond donors (Lipinski definition) is 1. The van der Waals surface area contributed by atoms with Crippen molar-refractivity contribution in [3.8, 4) is 0 Å². The van der Waals surface area contributed by atoms with Crippen molar-refractivity contribution >= 4 is 11.9 Å². The smallest absolute Gasteiger partial charge is 0.336 e. The average molecular weight is 427 g/mol. The number of carbonyl (C=O) groups excluding carboxylic acids is 2. The van der Waals surface area contributed by atoms with Crippen molar-refractivity contribution in [2.75, 3.05) is 0 Å². The number of unbranched alkanes of at least 4 members (excludes halogenated alkanes) is 14. The van der Waals surface area contributed by atoms with Crippen molar-refractivity contribution in [3.05, 3.63) is 12.2 Å². The molecular formula is C25H46O5. The molecule has 0 bridgehead atoms. The van der Waals surface area contributed by atoms with E-state index >= 15 is 0 Å². The monoisotopic (exact) mass is 426 g/mol. The van der Waals surface area contributed by atoms with Crippen molar-refractivity contribution < 1.29 is 24.2 Å². The molecule has 176 valence electrons. The molecule has 0 aromatic carbocycles. The summed E-state index contributed by atoms with van der Waals surface area (Å²) < 4.78 is 10.0. The summed E-state index contributed by atoms with van der Waals surface area (Å²) in [6.07, 6.45) is 16.9. The van der Waals surface area contributed by atoms with E-state index < -0.39 is 24.3 Å². The van der Waals surface area contributed by atoms with Crippen LogP contribution in [0.15, 0.2) is 12.2 Å². The van der Waals surface area contributed by atoms with Crippen LogP contribution in [-0.4, -0.2) is 29.4 Å². The minimum atomic E-state index is -1.28. The van der Waals surface area contributed by atoms with Crippen LogP contribution in [0.5, 0.6) is 0 Å². The Kier molecular flexibility index (Phi) is 18.7. The van der Waals surface area contributed by atoms with Gasteiger partial charge in [-0.25, -0.2) is 4.79 Å². The predicted molar refractivity (Wildman–Crippen MR) is 122 cm³/mol. The molecule has 0 fully saturated rings. The Hall–Kier alpha value is -1.36. The van der Waals surface area contributed by atoms with Gasteiger partial charge in [0.25, 0.3) is 6.29 Å². The van der Waals surface area contributed by atoms with Gasteiger partial charge in [0, 0.05) is 12.0 Å². The molecule has 0 aromatic heterocycles. The lowest BCUT2D eigenvalue weighted by Gasteiger charge is -2.20. The Labute approximate surface area is 184 Å². The van der Waals surface area contributed by atoms with Crippen LogP contribution in [0.25, 0.3) is 0 Å². The fraction of sp³-hybridized carbons (Fsp3) is 0.840. The normalized spacial score (nSPS) is 12.9. The van der Waals surface area contributed by atoms with Crippen LogP contribution in [0, 0.1) is 0 Å². The summed E-state index contributed by atoms with van der Waals surface area (Å²) in [5.41, 5.74) is 0.194. The molecule has 0 aromatic rings. The number of hydrogen-bond acceptors (Lipinski definition) is 5. The topological polar surface area (TPSA) is 72.8 Å². The van der Waals surface area contributed by atoms with Gasteiger partial charge in [0.15, 0.2) is 0 Å². The number of ether oxygens (including phenoxy) is 2. The molecule has 0 saturated carbocycles. The zero-order chi connectivity index (χ0) is 22.6. The maximum Gasteiger partial charge on any atom is 0.336 e. The quantitative estimate of drug-likeness (QED) is 0.102. The van der Waals surface area contributed by atoms with E-state index in [2.05, 4.69) is 13.5 Å². The van der Waals surface area contributed by atoms with Gasteiger partial charge in [-0.2, -0.15) is 0 Å². The zero-order valence-electron chi connectivity index (χ0n) is 19.8. The van der Waals surface area contributed by atoms with Gasteiger partial charge in [-0.15, -0.1) is 0 Å². The highest BCUT2D eigenvalue weighted by atomic mass is 16.7. The van der Waals surface area contributed by atoms with Crippen LogP contribution < -0.4 is 0 Å². The van der Waals surface area contributed by atoms with Crippen LogP contribution in [-0.2, 0) is 19.1 Å². The van der Waals surface area contributed by atoms with Crippen LogP contribution in [0.2, 0.25) is 0 Å². The summed E-state index contributed by atoms with van der Waals surface area (Å²) in [5.74, 6) is -1.13. The Balaban J connectivity index is 3.55. The molecule has 5 nitrogen and oxygen atoms in total. The summed E-state index contributed by atoms with van der Waals surface area (Å²) in [4.78, 5) is 23.4. The van der Waals surface area contributed by atoms with Gasteiger partial charge in [0.05, 0.1) is 0 Å². The Bertz CT molecular complexity index is 458. The number of carbonyl (C=O) groups is 2. The maximum absolute atomic E-state index is 11.9. The molecule has 2 atom stereocenters. The van der Waals surface area contributed by atoms with E-state index in [1.165, 1.54) is 90.9 Å². The van der Waals surface area contributed by atoms with Gasteiger partial charge >= 0.3 is 11.9 Å². The summed E-state index contributed by atoms with van der Waals surface area (Å²) in [5, 5.41) is 9.61. The molecule has 30 heavy (non-hydrogen) atoms. The van der Waals surface area contributed by atoms with Gasteiger partial charge in [0.2, 0.25) is 0 Å². The van der Waals surface area contributed by atoms with Crippen molar-refractivity contribution in [1.82, 2.24) is 0 Å². The highest BCUT2D eigenvalue weighted by Gasteiger charge is 2.24. The lowest BCUT2D eigenvalue weighted by atomic mass is 10.0. The van der Waals surface area contributed by atoms with Gasteiger partial charge in [-0.1, -0.05) is 103 Å². The molecule has 5 heteroatoms. The first kappa shape index (κ1) is 28.6. The Morgan fingerprint density at radius 3 is 1.53 bits per heavy atom. The first-order valence-electron chi connectivity index (χ1n) is 12.1. The van der Waals surface area contributed by atoms with E-state index in [9.17, 15) is 14.7 Å². The van der Waals surface area contributed by atoms with Crippen molar-refractivity contribution in [2.24, 2.45) is 0 Å². The largest absolute Gasteiger partial charge is 0.422 e. The SMILES string of the molecule is C=C(C)C(=O)OC(OC(=O)CCCCCCCCCCCCCCCCC)C(C)O. The van der Waals surface area contributed by atoms with Gasteiger partial charge in [-0.05, 0) is 20.3 Å². The van der Waals surface area contributed by atoms with Gasteiger partial charge in [0.1, 0.15) is 6.10 Å². The molecule has 1 N–H and O–H groups in total. The number of rotatable bonds is 20. The fourth-order valence-corrected chi connectivity index (χ4v) is 3.26. The maximum atomic E-state index is 11.9.